The zero-order valence-corrected chi connectivity index (χ0v) is 13.5. The van der Waals surface area contributed by atoms with Gasteiger partial charge < -0.3 is 15.2 Å². The summed E-state index contributed by atoms with van der Waals surface area (Å²) in [5, 5.41) is 0. The van der Waals surface area contributed by atoms with Gasteiger partial charge in [0.1, 0.15) is 5.75 Å². The third kappa shape index (κ3) is 4.96. The molecule has 0 fully saturated rings. The maximum atomic E-state index is 12.3. The molecule has 2 atom stereocenters. The molecule has 1 aromatic rings. The lowest BCUT2D eigenvalue weighted by molar-refractivity contribution is -0.145. The van der Waals surface area contributed by atoms with Crippen LogP contribution in [0.1, 0.15) is 51.5 Å². The first-order chi connectivity index (χ1) is 10.0. The molecule has 0 aliphatic heterocycles. The van der Waals surface area contributed by atoms with Gasteiger partial charge in [-0.3, -0.25) is 4.79 Å². The van der Waals surface area contributed by atoms with E-state index in [0.717, 1.165) is 24.8 Å². The molecule has 0 bridgehead atoms. The topological polar surface area (TPSA) is 61.5 Å². The fraction of sp³-hybridized carbons (Fsp3) is 0.588. The summed E-state index contributed by atoms with van der Waals surface area (Å²) >= 11 is 0. The second-order valence-corrected chi connectivity index (χ2v) is 5.43. The number of methoxy groups -OCH3 is 1. The highest BCUT2D eigenvalue weighted by Gasteiger charge is 2.26. The first-order valence-electron chi connectivity index (χ1n) is 7.63. The number of esters is 1. The van der Waals surface area contributed by atoms with Crippen LogP contribution in [0.15, 0.2) is 18.2 Å². The van der Waals surface area contributed by atoms with Crippen LogP contribution >= 0.6 is 0 Å². The number of anilines is 1. The summed E-state index contributed by atoms with van der Waals surface area (Å²) in [4.78, 5) is 12.3. The van der Waals surface area contributed by atoms with E-state index in [4.69, 9.17) is 15.2 Å². The summed E-state index contributed by atoms with van der Waals surface area (Å²) in [7, 11) is 1.61. The van der Waals surface area contributed by atoms with Crippen molar-refractivity contribution in [1.82, 2.24) is 0 Å². The molecule has 0 saturated heterocycles. The van der Waals surface area contributed by atoms with Crippen LogP contribution in [-0.4, -0.2) is 19.7 Å². The van der Waals surface area contributed by atoms with E-state index in [1.807, 2.05) is 13.0 Å². The predicted octanol–water partition coefficient (Wildman–Crippen LogP) is 3.75. The Morgan fingerprint density at radius 1 is 1.33 bits per heavy atom. The molecule has 4 heteroatoms. The van der Waals surface area contributed by atoms with E-state index in [0.29, 0.717) is 24.0 Å². The van der Waals surface area contributed by atoms with Crippen molar-refractivity contribution in [2.24, 2.45) is 5.92 Å². The second-order valence-electron chi connectivity index (χ2n) is 5.43. The van der Waals surface area contributed by atoms with E-state index in [1.165, 1.54) is 0 Å². The molecule has 0 amide bonds. The summed E-state index contributed by atoms with van der Waals surface area (Å²) < 4.78 is 10.5. The Balaban J connectivity index is 3.07. The SMILES string of the molecule is CCCC(C)CC(C(=O)OCC)c1cc(OC)ccc1N. The number of nitrogen functional groups attached to an aromatic ring is 1. The lowest BCUT2D eigenvalue weighted by Crippen LogP contribution is -2.20. The van der Waals surface area contributed by atoms with Crippen LogP contribution < -0.4 is 10.5 Å². The summed E-state index contributed by atoms with van der Waals surface area (Å²) in [6.45, 7) is 6.50. The largest absolute Gasteiger partial charge is 0.497 e. The van der Waals surface area contributed by atoms with Gasteiger partial charge in [0, 0.05) is 5.69 Å². The molecule has 21 heavy (non-hydrogen) atoms. The van der Waals surface area contributed by atoms with Gasteiger partial charge in [-0.05, 0) is 43.0 Å². The third-order valence-electron chi connectivity index (χ3n) is 3.66. The maximum Gasteiger partial charge on any atom is 0.313 e. The van der Waals surface area contributed by atoms with Crippen LogP contribution in [0.3, 0.4) is 0 Å². The minimum atomic E-state index is -0.332. The molecule has 1 aromatic carbocycles. The molecule has 0 radical (unpaired) electrons. The quantitative estimate of drug-likeness (QED) is 0.585. The second kappa shape index (κ2) is 8.55. The third-order valence-corrected chi connectivity index (χ3v) is 3.66. The number of carbonyl (C=O) groups excluding carboxylic acids is 1. The van der Waals surface area contributed by atoms with Crippen LogP contribution in [0.5, 0.6) is 5.75 Å². The summed E-state index contributed by atoms with van der Waals surface area (Å²) in [5.74, 6) is 0.605. The van der Waals surface area contributed by atoms with Gasteiger partial charge in [-0.2, -0.15) is 0 Å². The Hall–Kier alpha value is -1.71. The Morgan fingerprint density at radius 3 is 2.62 bits per heavy atom. The Morgan fingerprint density at radius 2 is 2.05 bits per heavy atom. The minimum absolute atomic E-state index is 0.208. The van der Waals surface area contributed by atoms with Crippen LogP contribution in [0.4, 0.5) is 5.69 Å². The van der Waals surface area contributed by atoms with Crippen LogP contribution in [-0.2, 0) is 9.53 Å². The van der Waals surface area contributed by atoms with Crippen molar-refractivity contribution < 1.29 is 14.3 Å². The smallest absolute Gasteiger partial charge is 0.313 e. The highest BCUT2D eigenvalue weighted by Crippen LogP contribution is 2.33. The van der Waals surface area contributed by atoms with Gasteiger partial charge in [0.15, 0.2) is 0 Å². The van der Waals surface area contributed by atoms with Crippen molar-refractivity contribution in [3.05, 3.63) is 23.8 Å². The molecular formula is C17H27NO3. The van der Waals surface area contributed by atoms with Crippen molar-refractivity contribution >= 4 is 11.7 Å². The first-order valence-corrected chi connectivity index (χ1v) is 7.63. The van der Waals surface area contributed by atoms with Crippen molar-refractivity contribution in [1.29, 1.82) is 0 Å². The van der Waals surface area contributed by atoms with E-state index in [1.54, 1.807) is 19.2 Å². The number of nitrogens with two attached hydrogens (primary N) is 1. The van der Waals surface area contributed by atoms with Crippen LogP contribution in [0.2, 0.25) is 0 Å². The van der Waals surface area contributed by atoms with Gasteiger partial charge in [0.05, 0.1) is 19.6 Å². The average Bonchev–Trinajstić information content (AvgIpc) is 2.46. The standard InChI is InChI=1S/C17H27NO3/c1-5-7-12(3)10-15(17(19)21-6-2)14-11-13(20-4)8-9-16(14)18/h8-9,11-12,15H,5-7,10,18H2,1-4H3. The predicted molar refractivity (Wildman–Crippen MR) is 85.5 cm³/mol. The number of rotatable bonds is 8. The highest BCUT2D eigenvalue weighted by atomic mass is 16.5. The Bertz CT molecular complexity index is 459. The normalized spacial score (nSPS) is 13.5. The monoisotopic (exact) mass is 293 g/mol. The van der Waals surface area contributed by atoms with E-state index in [9.17, 15) is 4.79 Å². The molecule has 0 aliphatic carbocycles. The molecule has 118 valence electrons. The van der Waals surface area contributed by atoms with E-state index >= 15 is 0 Å². The van der Waals surface area contributed by atoms with Crippen LogP contribution in [0.25, 0.3) is 0 Å². The molecule has 0 aliphatic rings. The van der Waals surface area contributed by atoms with Gasteiger partial charge in [-0.1, -0.05) is 26.7 Å². The fourth-order valence-corrected chi connectivity index (χ4v) is 2.59. The number of carbonyl (C=O) groups is 1. The number of benzene rings is 1. The van der Waals surface area contributed by atoms with Crippen molar-refractivity contribution in [3.8, 4) is 5.75 Å². The van der Waals surface area contributed by atoms with Gasteiger partial charge in [-0.25, -0.2) is 0 Å². The number of hydrogen-bond acceptors (Lipinski definition) is 4. The molecular weight excluding hydrogens is 266 g/mol. The van der Waals surface area contributed by atoms with Gasteiger partial charge in [0.25, 0.3) is 0 Å². The van der Waals surface area contributed by atoms with Gasteiger partial charge in [-0.15, -0.1) is 0 Å². The molecule has 4 nitrogen and oxygen atoms in total. The van der Waals surface area contributed by atoms with Crippen LogP contribution in [0, 0.1) is 5.92 Å². The molecule has 2 unspecified atom stereocenters. The maximum absolute atomic E-state index is 12.3. The lowest BCUT2D eigenvalue weighted by Gasteiger charge is -2.21. The molecule has 0 saturated carbocycles. The van der Waals surface area contributed by atoms with E-state index in [2.05, 4.69) is 13.8 Å². The van der Waals surface area contributed by atoms with Gasteiger partial charge >= 0.3 is 5.97 Å². The summed E-state index contributed by atoms with van der Waals surface area (Å²) in [6, 6.07) is 5.43. The molecule has 0 spiro atoms. The molecule has 1 rings (SSSR count). The summed E-state index contributed by atoms with van der Waals surface area (Å²) in [5.41, 5.74) is 7.48. The summed E-state index contributed by atoms with van der Waals surface area (Å²) in [6.07, 6.45) is 2.92. The Labute approximate surface area is 127 Å². The lowest BCUT2D eigenvalue weighted by atomic mass is 9.86. The van der Waals surface area contributed by atoms with Crippen molar-refractivity contribution in [2.75, 3.05) is 19.5 Å². The van der Waals surface area contributed by atoms with E-state index in [-0.39, 0.29) is 11.9 Å². The van der Waals surface area contributed by atoms with Gasteiger partial charge in [0.2, 0.25) is 0 Å². The average molecular weight is 293 g/mol. The fourth-order valence-electron chi connectivity index (χ4n) is 2.59. The highest BCUT2D eigenvalue weighted by molar-refractivity contribution is 5.80. The molecule has 0 heterocycles. The van der Waals surface area contributed by atoms with Crippen molar-refractivity contribution in [3.63, 3.8) is 0 Å². The number of ether oxygens (including phenoxy) is 2. The number of hydrogen-bond donors (Lipinski definition) is 1. The van der Waals surface area contributed by atoms with E-state index < -0.39 is 0 Å². The molecule has 0 aromatic heterocycles. The minimum Gasteiger partial charge on any atom is -0.497 e. The Kier molecular flexibility index (Phi) is 7.06. The zero-order chi connectivity index (χ0) is 15.8. The van der Waals surface area contributed by atoms with Crippen molar-refractivity contribution in [2.45, 2.75) is 46.0 Å². The molecule has 2 N–H and O–H groups in total. The first kappa shape index (κ1) is 17.3. The zero-order valence-electron chi connectivity index (χ0n) is 13.5.